The van der Waals surface area contributed by atoms with Gasteiger partial charge in [0.2, 0.25) is 5.88 Å². The third kappa shape index (κ3) is 4.49. The number of aromatic nitrogens is 4. The monoisotopic (exact) mass is 666 g/mol. The Bertz CT molecular complexity index is 1000. The number of nitrogens with one attached hydrogen (secondary N) is 1. The Kier molecular flexibility index (Phi) is 6.21. The van der Waals surface area contributed by atoms with E-state index in [4.69, 9.17) is 14.2 Å². The van der Waals surface area contributed by atoms with Gasteiger partial charge in [-0.1, -0.05) is 11.6 Å². The number of rotatable bonds is 6. The molecular formula is C22H27CmN6O3-. The van der Waals surface area contributed by atoms with Gasteiger partial charge in [0, 0.05) is 37.1 Å². The number of nitrogens with zero attached hydrogens (tertiary/aromatic N) is 5. The van der Waals surface area contributed by atoms with Crippen molar-refractivity contribution in [1.29, 1.82) is 0 Å². The molecule has 0 bridgehead atoms. The fourth-order valence-electron chi connectivity index (χ4n) is 4.23. The Balaban J connectivity index is 0.00000245. The van der Waals surface area contributed by atoms with Crippen LogP contribution in [0.3, 0.4) is 0 Å². The van der Waals surface area contributed by atoms with Crippen molar-refractivity contribution in [3.8, 4) is 11.6 Å². The van der Waals surface area contributed by atoms with E-state index < -0.39 is 0 Å². The zero-order valence-electron chi connectivity index (χ0n) is 18.0. The summed E-state index contributed by atoms with van der Waals surface area (Å²) in [6.07, 6.45) is 7.89. The van der Waals surface area contributed by atoms with Crippen molar-refractivity contribution in [2.24, 2.45) is 0 Å². The van der Waals surface area contributed by atoms with Crippen molar-refractivity contribution in [2.45, 2.75) is 37.8 Å². The van der Waals surface area contributed by atoms with Crippen molar-refractivity contribution in [2.75, 3.05) is 43.6 Å². The topological polar surface area (TPSA) is 86.0 Å². The molecule has 2 aliphatic rings. The minimum Gasteiger partial charge on any atom is -0.574 e. The number of ether oxygens (including phenoxy) is 3. The quantitative estimate of drug-likeness (QED) is 0.401. The van der Waals surface area contributed by atoms with Gasteiger partial charge >= 0.3 is 0 Å². The molecule has 0 radical (unpaired) electrons. The minimum absolute atomic E-state index is 0. The average molecular weight is 670 g/mol. The maximum atomic E-state index is 6.46. The molecule has 3 aromatic rings. The number of methoxy groups -OCH3 is 1. The standard InChI is InChI=1S/C22H27N6O3.Cm/c1-29-22-7-6-21(25-26-22)24-16-2-4-18(5-3-16)31-20-14-17(27-10-12-30-13-11-27)15-28-19(20)8-9-23-28;/h6-7,9,14-16,18H,2-5,10-13H2,1H3,(H,24,25);/q-1;. The zero-order valence-corrected chi connectivity index (χ0v) is 21.0. The number of anilines is 2. The summed E-state index contributed by atoms with van der Waals surface area (Å²) >= 11 is 0. The van der Waals surface area contributed by atoms with Crippen LogP contribution in [0.1, 0.15) is 25.7 Å². The van der Waals surface area contributed by atoms with Gasteiger partial charge in [-0.3, -0.25) is 4.52 Å². The molecule has 172 valence electrons. The largest absolute Gasteiger partial charge is 0.574 e. The summed E-state index contributed by atoms with van der Waals surface area (Å²) in [5, 5.41) is 16.1. The summed E-state index contributed by atoms with van der Waals surface area (Å²) in [5.41, 5.74) is 1.99. The summed E-state index contributed by atoms with van der Waals surface area (Å²) in [7, 11) is 1.59. The molecule has 1 N–H and O–H groups in total. The van der Waals surface area contributed by atoms with Crippen molar-refractivity contribution < 1.29 is 14.2 Å². The van der Waals surface area contributed by atoms with E-state index in [0.717, 1.165) is 74.8 Å². The predicted molar refractivity (Wildman–Crippen MR) is 116 cm³/mol. The second kappa shape index (κ2) is 9.38. The van der Waals surface area contributed by atoms with Gasteiger partial charge in [-0.25, -0.2) is 0 Å². The number of hydrogen-bond donors (Lipinski definition) is 1. The van der Waals surface area contributed by atoms with Gasteiger partial charge in [-0.15, -0.1) is 10.2 Å². The van der Waals surface area contributed by atoms with Crippen LogP contribution >= 0.6 is 0 Å². The molecule has 0 aromatic carbocycles. The number of pyridine rings is 1. The van der Waals surface area contributed by atoms with Crippen LogP contribution in [0.4, 0.5) is 11.5 Å². The van der Waals surface area contributed by atoms with E-state index in [2.05, 4.69) is 37.6 Å². The maximum Gasteiger partial charge on any atom is 0.233 e. The normalized spacial score (nSPS) is 21.1. The van der Waals surface area contributed by atoms with Crippen molar-refractivity contribution >= 4 is 17.0 Å². The Morgan fingerprint density at radius 2 is 1.94 bits per heavy atom. The number of hydrogen-bond acceptors (Lipinski definition) is 8. The van der Waals surface area contributed by atoms with E-state index in [1.807, 2.05) is 22.8 Å². The Morgan fingerprint density at radius 1 is 1.12 bits per heavy atom. The van der Waals surface area contributed by atoms with Gasteiger partial charge in [0.25, 0.3) is 0 Å². The van der Waals surface area contributed by atoms with Crippen LogP contribution in [-0.2, 0) is 4.74 Å². The van der Waals surface area contributed by atoms with Gasteiger partial charge in [0.05, 0.1) is 26.4 Å². The maximum absolute atomic E-state index is 6.46. The Hall–Kier alpha value is -4.07. The molecule has 0 spiro atoms. The van der Waals surface area contributed by atoms with E-state index in [1.54, 1.807) is 13.3 Å². The molecule has 1 saturated carbocycles. The van der Waals surface area contributed by atoms with Crippen LogP contribution in [0, 0.1) is 6.07 Å². The summed E-state index contributed by atoms with van der Waals surface area (Å²) in [6, 6.07) is 9.41. The third-order valence-corrected chi connectivity index (χ3v) is 5.92. The number of morpholine rings is 1. The van der Waals surface area contributed by atoms with Crippen molar-refractivity contribution in [3.05, 3.63) is 36.7 Å². The summed E-state index contributed by atoms with van der Waals surface area (Å²) < 4.78 is 18.9. The predicted octanol–water partition coefficient (Wildman–Crippen LogP) is 2.57. The Morgan fingerprint density at radius 3 is 2.66 bits per heavy atom. The first-order valence-corrected chi connectivity index (χ1v) is 10.8. The molecule has 0 unspecified atom stereocenters. The second-order valence-corrected chi connectivity index (χ2v) is 7.94. The first-order valence-electron chi connectivity index (χ1n) is 10.8. The molecule has 3 aromatic heterocycles. The van der Waals surface area contributed by atoms with Crippen LogP contribution in [0.25, 0.3) is 5.52 Å². The first kappa shape index (κ1) is 21.2. The molecule has 1 saturated heterocycles. The third-order valence-electron chi connectivity index (χ3n) is 5.92. The second-order valence-electron chi connectivity index (χ2n) is 7.94. The van der Waals surface area contributed by atoms with Gasteiger partial charge in [-0.2, -0.15) is 11.2 Å². The van der Waals surface area contributed by atoms with E-state index in [0.29, 0.717) is 11.9 Å². The SMILES string of the molecule is COc1ccc(NC2CCC(Oc3cc(N4CCOCC4)cn4nc[c-]c34)CC2)nn1.[Cm]. The molecule has 1 aliphatic heterocycles. The molecule has 0 atom stereocenters. The first-order chi connectivity index (χ1) is 15.3. The van der Waals surface area contributed by atoms with Crippen molar-refractivity contribution in [1.82, 2.24) is 19.8 Å². The smallest absolute Gasteiger partial charge is 0.233 e. The Labute approximate surface area is 181 Å². The molecule has 10 heteroatoms. The van der Waals surface area contributed by atoms with E-state index in [9.17, 15) is 0 Å². The fraction of sp³-hybridized carbons (Fsp3) is 0.500. The van der Waals surface area contributed by atoms with Crippen LogP contribution in [0.5, 0.6) is 11.6 Å². The summed E-state index contributed by atoms with van der Waals surface area (Å²) in [4.78, 5) is 2.31. The average Bonchev–Trinajstić information content (AvgIpc) is 3.31. The fourth-order valence-corrected chi connectivity index (χ4v) is 4.23. The molecule has 9 nitrogen and oxygen atoms in total. The zero-order chi connectivity index (χ0) is 21.0. The minimum atomic E-state index is 0. The molecule has 32 heavy (non-hydrogen) atoms. The van der Waals surface area contributed by atoms with Gasteiger partial charge in [-0.05, 0) is 43.7 Å². The molecule has 4 heterocycles. The molecule has 2 fully saturated rings. The molecule has 1 aliphatic carbocycles. The molecule has 5 rings (SSSR count). The van der Waals surface area contributed by atoms with Crippen molar-refractivity contribution in [3.63, 3.8) is 0 Å². The number of fused-ring (bicyclic) bond motifs is 1. The van der Waals surface area contributed by atoms with Gasteiger partial charge < -0.3 is 24.4 Å². The summed E-state index contributed by atoms with van der Waals surface area (Å²) in [6.45, 7) is 3.24. The van der Waals surface area contributed by atoms with Crippen LogP contribution in [-0.4, -0.2) is 65.4 Å². The molecule has 0 amide bonds. The molecular weight excluding hydrogens is 643 g/mol. The van der Waals surface area contributed by atoms with E-state index in [-0.39, 0.29) is 6.10 Å². The van der Waals surface area contributed by atoms with Crippen LogP contribution in [0.15, 0.2) is 30.6 Å². The van der Waals surface area contributed by atoms with Gasteiger partial charge in [0.15, 0.2) is 0 Å². The van der Waals surface area contributed by atoms with E-state index in [1.165, 1.54) is 0 Å². The van der Waals surface area contributed by atoms with Gasteiger partial charge in [0.1, 0.15) is 5.82 Å². The van der Waals surface area contributed by atoms with Crippen LogP contribution < -0.4 is 19.7 Å². The van der Waals surface area contributed by atoms with E-state index >= 15 is 0 Å². The summed E-state index contributed by atoms with van der Waals surface area (Å²) in [5.74, 6) is 2.14. The van der Waals surface area contributed by atoms with Crippen LogP contribution in [0.2, 0.25) is 0 Å².